The number of rotatable bonds is 2. The quantitative estimate of drug-likeness (QED) is 0.838. The first-order valence-corrected chi connectivity index (χ1v) is 6.47. The van der Waals surface area contributed by atoms with Crippen LogP contribution in [0.2, 0.25) is 0 Å². The largest absolute Gasteiger partial charge is 0.396 e. The lowest BCUT2D eigenvalue weighted by Gasteiger charge is -2.40. The summed E-state index contributed by atoms with van der Waals surface area (Å²) in [5.41, 5.74) is 1.35. The Labute approximate surface area is 107 Å². The lowest BCUT2D eigenvalue weighted by atomic mass is 9.96. The van der Waals surface area contributed by atoms with Crippen LogP contribution in [0, 0.1) is 5.92 Å². The summed E-state index contributed by atoms with van der Waals surface area (Å²) in [6, 6.07) is 1.83. The maximum Gasteiger partial charge on any atom is 0.229 e. The zero-order valence-electron chi connectivity index (χ0n) is 10.4. The molecule has 0 radical (unpaired) electrons. The summed E-state index contributed by atoms with van der Waals surface area (Å²) in [6.07, 6.45) is 7.81. The second-order valence-electron chi connectivity index (χ2n) is 4.90. The monoisotopic (exact) mass is 246 g/mol. The van der Waals surface area contributed by atoms with E-state index in [-0.39, 0.29) is 0 Å². The molecule has 1 N–H and O–H groups in total. The molecule has 2 aliphatic heterocycles. The Hall–Kier alpha value is -1.62. The summed E-state index contributed by atoms with van der Waals surface area (Å²) in [4.78, 5) is 13.1. The van der Waals surface area contributed by atoms with Crippen LogP contribution in [0.1, 0.15) is 12.8 Å². The number of fused-ring (bicyclic) bond motifs is 1. The SMILES string of the molecule is OCC1CCC2=CN(c3ncccn3)CCN2C1. The molecule has 0 aromatic carbocycles. The van der Waals surface area contributed by atoms with Crippen molar-refractivity contribution in [1.29, 1.82) is 0 Å². The topological polar surface area (TPSA) is 52.5 Å². The summed E-state index contributed by atoms with van der Waals surface area (Å²) >= 11 is 0. The number of aromatic nitrogens is 2. The van der Waals surface area contributed by atoms with Gasteiger partial charge >= 0.3 is 0 Å². The van der Waals surface area contributed by atoms with E-state index >= 15 is 0 Å². The van der Waals surface area contributed by atoms with Gasteiger partial charge in [-0.25, -0.2) is 9.97 Å². The Bertz CT molecular complexity index is 434. The molecule has 5 nitrogen and oxygen atoms in total. The van der Waals surface area contributed by atoms with E-state index in [0.717, 1.165) is 38.4 Å². The van der Waals surface area contributed by atoms with Gasteiger partial charge in [-0.3, -0.25) is 0 Å². The lowest BCUT2D eigenvalue weighted by molar-refractivity contribution is 0.147. The van der Waals surface area contributed by atoms with Gasteiger partial charge < -0.3 is 14.9 Å². The first-order chi connectivity index (χ1) is 8.86. The highest BCUT2D eigenvalue weighted by Crippen LogP contribution is 2.28. The van der Waals surface area contributed by atoms with Gasteiger partial charge in [0.15, 0.2) is 0 Å². The van der Waals surface area contributed by atoms with E-state index in [1.807, 2.05) is 6.07 Å². The van der Waals surface area contributed by atoms with Gasteiger partial charge in [0.25, 0.3) is 0 Å². The van der Waals surface area contributed by atoms with Crippen molar-refractivity contribution in [3.63, 3.8) is 0 Å². The van der Waals surface area contributed by atoms with E-state index < -0.39 is 0 Å². The molecule has 3 heterocycles. The normalized spacial score (nSPS) is 23.6. The van der Waals surface area contributed by atoms with Crippen molar-refractivity contribution >= 4 is 5.95 Å². The summed E-state index contributed by atoms with van der Waals surface area (Å²) < 4.78 is 0. The molecule has 1 aromatic rings. The minimum Gasteiger partial charge on any atom is -0.396 e. The third kappa shape index (κ3) is 2.18. The standard InChI is InChI=1S/C13H18N4O/c18-10-11-2-3-12-9-17(7-6-16(12)8-11)13-14-4-1-5-15-13/h1,4-5,9,11,18H,2-3,6-8,10H2. The molecule has 1 saturated heterocycles. The number of allylic oxidation sites excluding steroid dienone is 1. The number of anilines is 1. The fourth-order valence-electron chi connectivity index (χ4n) is 2.63. The molecule has 1 fully saturated rings. The van der Waals surface area contributed by atoms with Crippen molar-refractivity contribution in [2.45, 2.75) is 12.8 Å². The van der Waals surface area contributed by atoms with Gasteiger partial charge in [-0.15, -0.1) is 0 Å². The average Bonchev–Trinajstić information content (AvgIpc) is 2.47. The van der Waals surface area contributed by atoms with Crippen LogP contribution in [0.4, 0.5) is 5.95 Å². The number of hydrogen-bond acceptors (Lipinski definition) is 5. The van der Waals surface area contributed by atoms with Gasteiger partial charge in [0, 0.05) is 50.5 Å². The number of aliphatic hydroxyl groups is 1. The minimum atomic E-state index is 0.301. The second-order valence-corrected chi connectivity index (χ2v) is 4.90. The van der Waals surface area contributed by atoms with Crippen molar-refractivity contribution < 1.29 is 5.11 Å². The number of hydrogen-bond donors (Lipinski definition) is 1. The Morgan fingerprint density at radius 2 is 2.11 bits per heavy atom. The summed E-state index contributed by atoms with van der Waals surface area (Å²) in [5.74, 6) is 1.20. The van der Waals surface area contributed by atoms with Gasteiger partial charge in [-0.05, 0) is 24.8 Å². The van der Waals surface area contributed by atoms with Crippen LogP contribution in [0.5, 0.6) is 0 Å². The van der Waals surface area contributed by atoms with Crippen molar-refractivity contribution in [2.24, 2.45) is 5.92 Å². The van der Waals surface area contributed by atoms with E-state index in [2.05, 4.69) is 26.0 Å². The van der Waals surface area contributed by atoms with Gasteiger partial charge in [0.05, 0.1) is 0 Å². The first kappa shape index (κ1) is 11.5. The number of piperidine rings is 1. The average molecular weight is 246 g/mol. The third-order valence-corrected chi connectivity index (χ3v) is 3.68. The van der Waals surface area contributed by atoms with Crippen molar-refractivity contribution in [3.05, 3.63) is 30.4 Å². The number of nitrogens with zero attached hydrogens (tertiary/aromatic N) is 4. The summed E-state index contributed by atoms with van der Waals surface area (Å²) in [7, 11) is 0. The van der Waals surface area contributed by atoms with Crippen LogP contribution in [-0.2, 0) is 0 Å². The molecule has 2 aliphatic rings. The summed E-state index contributed by atoms with van der Waals surface area (Å²) in [6.45, 7) is 3.17. The van der Waals surface area contributed by atoms with Gasteiger partial charge in [0.1, 0.15) is 0 Å². The van der Waals surface area contributed by atoms with Gasteiger partial charge in [0.2, 0.25) is 5.95 Å². The highest BCUT2D eigenvalue weighted by molar-refractivity contribution is 5.37. The van der Waals surface area contributed by atoms with E-state index in [1.165, 1.54) is 5.70 Å². The third-order valence-electron chi connectivity index (χ3n) is 3.68. The van der Waals surface area contributed by atoms with Gasteiger partial charge in [-0.2, -0.15) is 0 Å². The maximum absolute atomic E-state index is 9.23. The molecule has 0 aliphatic carbocycles. The molecule has 0 spiro atoms. The van der Waals surface area contributed by atoms with Crippen molar-refractivity contribution in [2.75, 3.05) is 31.1 Å². The molecule has 1 atom stereocenters. The Balaban J connectivity index is 1.76. The molecule has 3 rings (SSSR count). The second kappa shape index (κ2) is 4.94. The molecule has 96 valence electrons. The summed E-state index contributed by atoms with van der Waals surface area (Å²) in [5, 5.41) is 9.23. The van der Waals surface area contributed by atoms with E-state index in [9.17, 15) is 5.11 Å². The fourth-order valence-corrected chi connectivity index (χ4v) is 2.63. The smallest absolute Gasteiger partial charge is 0.229 e. The Morgan fingerprint density at radius 1 is 1.28 bits per heavy atom. The van der Waals surface area contributed by atoms with Crippen LogP contribution in [0.15, 0.2) is 30.4 Å². The zero-order chi connectivity index (χ0) is 12.4. The van der Waals surface area contributed by atoms with E-state index in [4.69, 9.17) is 0 Å². The molecule has 1 unspecified atom stereocenters. The Morgan fingerprint density at radius 3 is 2.89 bits per heavy atom. The maximum atomic E-state index is 9.23. The lowest BCUT2D eigenvalue weighted by Crippen LogP contribution is -2.44. The predicted octanol–water partition coefficient (Wildman–Crippen LogP) is 0.842. The molecule has 1 aromatic heterocycles. The van der Waals surface area contributed by atoms with Crippen LogP contribution < -0.4 is 4.90 Å². The first-order valence-electron chi connectivity index (χ1n) is 6.47. The minimum absolute atomic E-state index is 0.301. The molecular formula is C13H18N4O. The Kier molecular flexibility index (Phi) is 3.15. The van der Waals surface area contributed by atoms with Crippen molar-refractivity contribution in [1.82, 2.24) is 14.9 Å². The number of aliphatic hydroxyl groups excluding tert-OH is 1. The van der Waals surface area contributed by atoms with Crippen molar-refractivity contribution in [3.8, 4) is 0 Å². The van der Waals surface area contributed by atoms with E-state index in [0.29, 0.717) is 12.5 Å². The molecule has 0 bridgehead atoms. The fraction of sp³-hybridized carbons (Fsp3) is 0.538. The molecular weight excluding hydrogens is 228 g/mol. The molecule has 5 heteroatoms. The molecule has 0 saturated carbocycles. The predicted molar refractivity (Wildman–Crippen MR) is 68.8 cm³/mol. The van der Waals surface area contributed by atoms with E-state index in [1.54, 1.807) is 12.4 Å². The molecule has 18 heavy (non-hydrogen) atoms. The van der Waals surface area contributed by atoms with Crippen LogP contribution in [0.25, 0.3) is 0 Å². The highest BCUT2D eigenvalue weighted by atomic mass is 16.3. The zero-order valence-corrected chi connectivity index (χ0v) is 10.4. The van der Waals surface area contributed by atoms with Crippen LogP contribution in [-0.4, -0.2) is 46.2 Å². The van der Waals surface area contributed by atoms with Gasteiger partial charge in [-0.1, -0.05) is 0 Å². The molecule has 0 amide bonds. The van der Waals surface area contributed by atoms with Crippen LogP contribution >= 0.6 is 0 Å². The van der Waals surface area contributed by atoms with Crippen LogP contribution in [0.3, 0.4) is 0 Å². The highest BCUT2D eigenvalue weighted by Gasteiger charge is 2.26.